The molecule has 0 bridgehead atoms. The van der Waals surface area contributed by atoms with Crippen molar-refractivity contribution in [3.8, 4) is 0 Å². The van der Waals surface area contributed by atoms with Crippen molar-refractivity contribution in [1.82, 2.24) is 10.2 Å². The number of nitrogens with zero attached hydrogens (tertiary/aromatic N) is 2. The van der Waals surface area contributed by atoms with Gasteiger partial charge in [-0.3, -0.25) is 4.90 Å². The fourth-order valence-electron chi connectivity index (χ4n) is 2.76. The Bertz CT molecular complexity index is 544. The highest BCUT2D eigenvalue weighted by atomic mass is 32.2. The fourth-order valence-corrected chi connectivity index (χ4v) is 3.42. The van der Waals surface area contributed by atoms with Gasteiger partial charge in [-0.2, -0.15) is 0 Å². The van der Waals surface area contributed by atoms with Gasteiger partial charge >= 0.3 is 0 Å². The first-order valence-electron chi connectivity index (χ1n) is 6.97. The van der Waals surface area contributed by atoms with Crippen LogP contribution in [-0.2, 0) is 0 Å². The van der Waals surface area contributed by atoms with Crippen LogP contribution in [0.5, 0.6) is 0 Å². The first-order valence-corrected chi connectivity index (χ1v) is 7.75. The van der Waals surface area contributed by atoms with Crippen LogP contribution in [0.1, 0.15) is 5.56 Å². The highest BCUT2D eigenvalue weighted by Crippen LogP contribution is 2.34. The van der Waals surface area contributed by atoms with Gasteiger partial charge in [-0.05, 0) is 23.3 Å². The summed E-state index contributed by atoms with van der Waals surface area (Å²) in [7, 11) is 0. The van der Waals surface area contributed by atoms with Crippen LogP contribution in [0, 0.1) is 0 Å². The summed E-state index contributed by atoms with van der Waals surface area (Å²) in [6.45, 7) is 8.26. The lowest BCUT2D eigenvalue weighted by molar-refractivity contribution is 0.233. The Labute approximate surface area is 124 Å². The minimum absolute atomic E-state index is 0.253. The fraction of sp³-hybridized carbons (Fsp3) is 0.312. The SMILES string of the molecule is C=CC(C1=CC=NSc2ccccc21)N1CCNCC1. The predicted molar refractivity (Wildman–Crippen MR) is 87.2 cm³/mol. The molecule has 0 amide bonds. The van der Waals surface area contributed by atoms with Crippen molar-refractivity contribution >= 4 is 23.7 Å². The molecule has 0 aromatic heterocycles. The van der Waals surface area contributed by atoms with E-state index in [2.05, 4.69) is 57.6 Å². The van der Waals surface area contributed by atoms with E-state index in [4.69, 9.17) is 0 Å². The Morgan fingerprint density at radius 2 is 2.10 bits per heavy atom. The van der Waals surface area contributed by atoms with E-state index in [-0.39, 0.29) is 6.04 Å². The third-order valence-electron chi connectivity index (χ3n) is 3.75. The number of allylic oxidation sites excluding steroid dienone is 1. The molecule has 2 heterocycles. The Morgan fingerprint density at radius 3 is 2.90 bits per heavy atom. The molecule has 2 aliphatic rings. The lowest BCUT2D eigenvalue weighted by Crippen LogP contribution is -2.48. The van der Waals surface area contributed by atoms with Crippen molar-refractivity contribution in [2.24, 2.45) is 4.40 Å². The van der Waals surface area contributed by atoms with E-state index in [1.54, 1.807) is 11.9 Å². The highest BCUT2D eigenvalue weighted by Gasteiger charge is 2.24. The van der Waals surface area contributed by atoms with Crippen LogP contribution in [0.15, 0.2) is 52.3 Å². The summed E-state index contributed by atoms with van der Waals surface area (Å²) in [5, 5.41) is 3.40. The molecule has 0 saturated carbocycles. The summed E-state index contributed by atoms with van der Waals surface area (Å²) in [5.41, 5.74) is 2.57. The van der Waals surface area contributed by atoms with Crippen LogP contribution in [-0.4, -0.2) is 43.3 Å². The standard InChI is InChI=1S/C16H19N3S/c1-2-15(19-11-9-17-10-12-19)13-7-8-18-20-16-6-4-3-5-14(13)16/h2-8,15,17H,1,9-12H2. The molecule has 20 heavy (non-hydrogen) atoms. The van der Waals surface area contributed by atoms with Crippen molar-refractivity contribution < 1.29 is 0 Å². The minimum atomic E-state index is 0.253. The zero-order valence-electron chi connectivity index (χ0n) is 11.5. The molecule has 0 radical (unpaired) electrons. The molecule has 1 atom stereocenters. The molecule has 1 unspecified atom stereocenters. The molecular formula is C16H19N3S. The van der Waals surface area contributed by atoms with E-state index in [9.17, 15) is 0 Å². The molecular weight excluding hydrogens is 266 g/mol. The van der Waals surface area contributed by atoms with E-state index >= 15 is 0 Å². The monoisotopic (exact) mass is 285 g/mol. The van der Waals surface area contributed by atoms with E-state index in [1.165, 1.54) is 16.0 Å². The second kappa shape index (κ2) is 6.39. The third kappa shape index (κ3) is 2.73. The van der Waals surface area contributed by atoms with Gasteiger partial charge in [-0.1, -0.05) is 24.3 Å². The summed E-state index contributed by atoms with van der Waals surface area (Å²) in [5.74, 6) is 0. The summed E-state index contributed by atoms with van der Waals surface area (Å²) in [4.78, 5) is 3.70. The topological polar surface area (TPSA) is 27.6 Å². The first-order chi connectivity index (χ1) is 9.90. The van der Waals surface area contributed by atoms with Crippen molar-refractivity contribution in [2.75, 3.05) is 26.2 Å². The Kier molecular flexibility index (Phi) is 4.35. The normalized spacial score (nSPS) is 20.7. The average Bonchev–Trinajstić information content (AvgIpc) is 2.72. The Morgan fingerprint density at radius 1 is 1.30 bits per heavy atom. The summed E-state index contributed by atoms with van der Waals surface area (Å²) in [6, 6.07) is 8.73. The van der Waals surface area contributed by atoms with Crippen molar-refractivity contribution in [2.45, 2.75) is 10.9 Å². The van der Waals surface area contributed by atoms with E-state index in [1.807, 2.05) is 6.21 Å². The van der Waals surface area contributed by atoms with Crippen LogP contribution >= 0.6 is 11.9 Å². The Hall–Kier alpha value is -1.36. The molecule has 3 rings (SSSR count). The Balaban J connectivity index is 1.96. The van der Waals surface area contributed by atoms with Gasteiger partial charge < -0.3 is 5.32 Å². The van der Waals surface area contributed by atoms with Gasteiger partial charge in [0.25, 0.3) is 0 Å². The molecule has 1 fully saturated rings. The van der Waals surface area contributed by atoms with Gasteiger partial charge in [0.15, 0.2) is 0 Å². The van der Waals surface area contributed by atoms with Gasteiger partial charge in [-0.25, -0.2) is 4.40 Å². The molecule has 0 aliphatic carbocycles. The molecule has 1 N–H and O–H groups in total. The molecule has 1 aromatic rings. The second-order valence-electron chi connectivity index (χ2n) is 4.93. The maximum absolute atomic E-state index is 4.37. The zero-order chi connectivity index (χ0) is 13.8. The second-order valence-corrected chi connectivity index (χ2v) is 5.76. The van der Waals surface area contributed by atoms with Crippen molar-refractivity contribution in [3.05, 3.63) is 48.6 Å². The number of hydrogen-bond acceptors (Lipinski definition) is 4. The number of nitrogens with one attached hydrogen (secondary N) is 1. The predicted octanol–water partition coefficient (Wildman–Crippen LogP) is 2.62. The highest BCUT2D eigenvalue weighted by molar-refractivity contribution is 7.98. The van der Waals surface area contributed by atoms with Crippen LogP contribution in [0.4, 0.5) is 0 Å². The van der Waals surface area contributed by atoms with Gasteiger partial charge in [-0.15, -0.1) is 6.58 Å². The maximum atomic E-state index is 4.37. The van der Waals surface area contributed by atoms with E-state index < -0.39 is 0 Å². The number of fused-ring (bicyclic) bond motifs is 1. The number of hydrogen-bond donors (Lipinski definition) is 1. The van der Waals surface area contributed by atoms with Gasteiger partial charge in [0, 0.05) is 49.2 Å². The molecule has 2 aliphatic heterocycles. The molecule has 3 nitrogen and oxygen atoms in total. The van der Waals surface area contributed by atoms with E-state index in [0.29, 0.717) is 0 Å². The van der Waals surface area contributed by atoms with Crippen molar-refractivity contribution in [1.29, 1.82) is 0 Å². The van der Waals surface area contributed by atoms with Crippen LogP contribution in [0.3, 0.4) is 0 Å². The number of rotatable bonds is 3. The third-order valence-corrected chi connectivity index (χ3v) is 4.53. The largest absolute Gasteiger partial charge is 0.314 e. The lowest BCUT2D eigenvalue weighted by Gasteiger charge is -2.34. The summed E-state index contributed by atoms with van der Waals surface area (Å²) in [6.07, 6.45) is 6.09. The van der Waals surface area contributed by atoms with Gasteiger partial charge in [0.05, 0.1) is 6.04 Å². The number of piperazine rings is 1. The summed E-state index contributed by atoms with van der Waals surface area (Å²) < 4.78 is 4.37. The number of benzene rings is 1. The average molecular weight is 285 g/mol. The molecule has 0 spiro atoms. The quantitative estimate of drug-likeness (QED) is 0.683. The molecule has 1 saturated heterocycles. The molecule has 1 aromatic carbocycles. The summed E-state index contributed by atoms with van der Waals surface area (Å²) >= 11 is 1.54. The van der Waals surface area contributed by atoms with Crippen LogP contribution in [0.2, 0.25) is 0 Å². The maximum Gasteiger partial charge on any atom is 0.0536 e. The van der Waals surface area contributed by atoms with Crippen LogP contribution in [0.25, 0.3) is 5.57 Å². The molecule has 104 valence electrons. The lowest BCUT2D eigenvalue weighted by atomic mass is 9.96. The van der Waals surface area contributed by atoms with Gasteiger partial charge in [0.1, 0.15) is 0 Å². The first kappa shape index (κ1) is 13.6. The van der Waals surface area contributed by atoms with Gasteiger partial charge in [0.2, 0.25) is 0 Å². The zero-order valence-corrected chi connectivity index (χ0v) is 12.3. The van der Waals surface area contributed by atoms with Crippen molar-refractivity contribution in [3.63, 3.8) is 0 Å². The van der Waals surface area contributed by atoms with E-state index in [0.717, 1.165) is 26.2 Å². The molecule has 4 heteroatoms. The minimum Gasteiger partial charge on any atom is -0.314 e. The smallest absolute Gasteiger partial charge is 0.0536 e. The van der Waals surface area contributed by atoms with Crippen LogP contribution < -0.4 is 5.32 Å².